The van der Waals surface area contributed by atoms with Crippen LogP contribution in [0.3, 0.4) is 0 Å². The summed E-state index contributed by atoms with van der Waals surface area (Å²) >= 11 is 0. The minimum Gasteiger partial charge on any atom is -0.454 e. The van der Waals surface area contributed by atoms with Gasteiger partial charge in [0.1, 0.15) is 12.2 Å². The van der Waals surface area contributed by atoms with Gasteiger partial charge in [0, 0.05) is 11.3 Å². The van der Waals surface area contributed by atoms with Gasteiger partial charge in [0.05, 0.1) is 11.1 Å². The van der Waals surface area contributed by atoms with Crippen molar-refractivity contribution in [2.45, 2.75) is 42.8 Å². The van der Waals surface area contributed by atoms with E-state index in [9.17, 15) is 9.59 Å². The molecule has 10 atom stereocenters. The van der Waals surface area contributed by atoms with Gasteiger partial charge in [0.15, 0.2) is 0 Å². The molecule has 0 radical (unpaired) electrons. The highest BCUT2D eigenvalue weighted by atomic mass is 31.1. The van der Waals surface area contributed by atoms with E-state index in [-0.39, 0.29) is 23.3 Å². The quantitative estimate of drug-likeness (QED) is 0.405. The minimum absolute atomic E-state index is 0.249. The summed E-state index contributed by atoms with van der Waals surface area (Å²) in [6, 6.07) is 18.4. The average Bonchev–Trinajstić information content (AvgIpc) is 3.48. The first-order valence-corrected chi connectivity index (χ1v) is 15.1. The van der Waals surface area contributed by atoms with E-state index < -0.39 is 12.2 Å². The molecule has 174 valence electrons. The van der Waals surface area contributed by atoms with Gasteiger partial charge in [0.25, 0.3) is 0 Å². The Labute approximate surface area is 199 Å². The van der Waals surface area contributed by atoms with E-state index >= 15 is 0 Å². The van der Waals surface area contributed by atoms with Crippen molar-refractivity contribution in [2.24, 2.45) is 23.7 Å². The number of carbonyl (C=O) groups is 2. The SMILES string of the molecule is CPC1C(OC(=O)c2ccccc2)C(OC(=O)c2ccccc2)C(PC)C2C3CCC(C3)C12. The van der Waals surface area contributed by atoms with Crippen molar-refractivity contribution >= 4 is 29.1 Å². The van der Waals surface area contributed by atoms with Crippen molar-refractivity contribution in [3.05, 3.63) is 71.8 Å². The summed E-state index contributed by atoms with van der Waals surface area (Å²) < 4.78 is 12.5. The van der Waals surface area contributed by atoms with Crippen LogP contribution in [0.25, 0.3) is 0 Å². The normalized spacial score (nSPS) is 35.2. The molecule has 2 bridgehead atoms. The smallest absolute Gasteiger partial charge is 0.338 e. The first-order valence-electron chi connectivity index (χ1n) is 12.0. The topological polar surface area (TPSA) is 52.6 Å². The van der Waals surface area contributed by atoms with Crippen LogP contribution >= 0.6 is 17.2 Å². The average molecular weight is 482 g/mol. The number of hydrogen-bond acceptors (Lipinski definition) is 4. The third-order valence-electron chi connectivity index (χ3n) is 8.08. The van der Waals surface area contributed by atoms with Crippen LogP contribution in [0.5, 0.6) is 0 Å². The molecule has 3 aliphatic carbocycles. The van der Waals surface area contributed by atoms with Crippen molar-refractivity contribution in [1.82, 2.24) is 0 Å². The molecule has 0 aromatic heterocycles. The fourth-order valence-corrected chi connectivity index (χ4v) is 9.75. The highest BCUT2D eigenvalue weighted by molar-refractivity contribution is 7.38. The number of hydrogen-bond donors (Lipinski definition) is 0. The van der Waals surface area contributed by atoms with Gasteiger partial charge in [-0.25, -0.2) is 9.59 Å². The highest BCUT2D eigenvalue weighted by Gasteiger charge is 2.61. The van der Waals surface area contributed by atoms with Gasteiger partial charge in [-0.2, -0.15) is 0 Å². The second-order valence-corrected chi connectivity index (χ2v) is 12.1. The van der Waals surface area contributed by atoms with Gasteiger partial charge in [-0.05, 0) is 80.5 Å². The first-order chi connectivity index (χ1) is 16.1. The highest BCUT2D eigenvalue weighted by Crippen LogP contribution is 2.63. The van der Waals surface area contributed by atoms with Crippen LogP contribution in [0.4, 0.5) is 0 Å². The molecule has 0 aliphatic heterocycles. The number of esters is 2. The lowest BCUT2D eigenvalue weighted by Crippen LogP contribution is -2.59. The van der Waals surface area contributed by atoms with Gasteiger partial charge >= 0.3 is 11.9 Å². The van der Waals surface area contributed by atoms with Crippen molar-refractivity contribution in [3.8, 4) is 0 Å². The zero-order valence-electron chi connectivity index (χ0n) is 19.1. The van der Waals surface area contributed by atoms with Crippen LogP contribution in [0.15, 0.2) is 60.7 Å². The molecular formula is C27H32O4P2. The number of rotatable bonds is 6. The van der Waals surface area contributed by atoms with E-state index in [1.165, 1.54) is 19.3 Å². The summed E-state index contributed by atoms with van der Waals surface area (Å²) in [5, 5.41) is 0. The second-order valence-electron chi connectivity index (χ2n) is 9.59. The summed E-state index contributed by atoms with van der Waals surface area (Å²) in [6.07, 6.45) is 3.08. The molecule has 0 heterocycles. The largest absolute Gasteiger partial charge is 0.454 e. The molecule has 4 nitrogen and oxygen atoms in total. The molecule has 10 unspecified atom stereocenters. The van der Waals surface area contributed by atoms with Crippen LogP contribution in [0.1, 0.15) is 40.0 Å². The Hall–Kier alpha value is -1.76. The van der Waals surface area contributed by atoms with Crippen molar-refractivity contribution < 1.29 is 19.1 Å². The zero-order chi connectivity index (χ0) is 22.9. The summed E-state index contributed by atoms with van der Waals surface area (Å²) in [7, 11) is 1.28. The Morgan fingerprint density at radius 1 is 0.697 bits per heavy atom. The van der Waals surface area contributed by atoms with Crippen LogP contribution in [0.2, 0.25) is 0 Å². The molecule has 3 fully saturated rings. The van der Waals surface area contributed by atoms with Gasteiger partial charge in [-0.1, -0.05) is 36.4 Å². The molecule has 0 saturated heterocycles. The van der Waals surface area contributed by atoms with Crippen molar-refractivity contribution in [1.29, 1.82) is 0 Å². The second kappa shape index (κ2) is 9.85. The van der Waals surface area contributed by atoms with E-state index in [2.05, 4.69) is 13.3 Å². The minimum atomic E-state index is -0.397. The van der Waals surface area contributed by atoms with Gasteiger partial charge in [-0.3, -0.25) is 0 Å². The van der Waals surface area contributed by atoms with E-state index in [0.29, 0.717) is 40.1 Å². The number of fused-ring (bicyclic) bond motifs is 5. The Morgan fingerprint density at radius 3 is 1.45 bits per heavy atom. The molecule has 0 N–H and O–H groups in total. The third kappa shape index (κ3) is 4.26. The molecule has 2 aromatic carbocycles. The van der Waals surface area contributed by atoms with Crippen LogP contribution in [-0.2, 0) is 9.47 Å². The first kappa shape index (κ1) is 23.0. The molecule has 0 spiro atoms. The standard InChI is InChI=1S/C27H32O4P2/c1-32-24-20-18-13-14-19(15-18)21(20)25(33-2)23(31-27(29)17-11-7-4-8-12-17)22(24)30-26(28)16-9-5-3-6-10-16/h3-12,18-25,32-33H,13-15H2,1-2H3. The predicted octanol–water partition coefficient (Wildman–Crippen LogP) is 5.47. The maximum atomic E-state index is 13.2. The molecule has 6 heteroatoms. The van der Waals surface area contributed by atoms with Crippen molar-refractivity contribution in [3.63, 3.8) is 0 Å². The monoisotopic (exact) mass is 482 g/mol. The molecule has 3 saturated carbocycles. The van der Waals surface area contributed by atoms with Gasteiger partial charge in [-0.15, -0.1) is 17.2 Å². The van der Waals surface area contributed by atoms with E-state index in [1.54, 1.807) is 24.3 Å². The Kier molecular flexibility index (Phi) is 6.86. The van der Waals surface area contributed by atoms with E-state index in [0.717, 1.165) is 11.8 Å². The van der Waals surface area contributed by atoms with Crippen LogP contribution < -0.4 is 0 Å². The predicted molar refractivity (Wildman–Crippen MR) is 135 cm³/mol. The number of carbonyl (C=O) groups excluding carboxylic acids is 2. The lowest BCUT2D eigenvalue weighted by Gasteiger charge is -2.52. The van der Waals surface area contributed by atoms with Crippen LogP contribution in [-0.4, -0.2) is 48.8 Å². The molecule has 5 rings (SSSR count). The molecule has 2 aromatic rings. The molecular weight excluding hydrogens is 450 g/mol. The maximum Gasteiger partial charge on any atom is 0.338 e. The zero-order valence-corrected chi connectivity index (χ0v) is 21.1. The lowest BCUT2D eigenvalue weighted by molar-refractivity contribution is -0.0752. The maximum absolute atomic E-state index is 13.2. The summed E-state index contributed by atoms with van der Waals surface area (Å²) in [4.78, 5) is 26.3. The van der Waals surface area contributed by atoms with E-state index in [4.69, 9.17) is 9.47 Å². The fourth-order valence-electron chi connectivity index (χ4n) is 6.82. The summed E-state index contributed by atoms with van der Waals surface area (Å²) in [5.74, 6) is 1.96. The summed E-state index contributed by atoms with van der Waals surface area (Å²) in [5.41, 5.74) is 1.60. The fraction of sp³-hybridized carbons (Fsp3) is 0.481. The number of ether oxygens (including phenoxy) is 2. The Morgan fingerprint density at radius 2 is 1.09 bits per heavy atom. The summed E-state index contributed by atoms with van der Waals surface area (Å²) in [6.45, 7) is 4.45. The lowest BCUT2D eigenvalue weighted by atomic mass is 9.68. The number of benzene rings is 2. The van der Waals surface area contributed by atoms with Crippen molar-refractivity contribution in [2.75, 3.05) is 13.3 Å². The molecule has 33 heavy (non-hydrogen) atoms. The third-order valence-corrected chi connectivity index (χ3v) is 10.8. The molecule has 3 aliphatic rings. The van der Waals surface area contributed by atoms with Gasteiger partial charge in [0.2, 0.25) is 0 Å². The van der Waals surface area contributed by atoms with Gasteiger partial charge < -0.3 is 9.47 Å². The Balaban J connectivity index is 1.49. The van der Waals surface area contributed by atoms with Crippen LogP contribution in [0, 0.1) is 23.7 Å². The molecule has 0 amide bonds. The Bertz CT molecular complexity index is 903. The van der Waals surface area contributed by atoms with E-state index in [1.807, 2.05) is 36.4 Å².